The van der Waals surface area contributed by atoms with Crippen LogP contribution in [0, 0.1) is 5.92 Å². The summed E-state index contributed by atoms with van der Waals surface area (Å²) in [5.41, 5.74) is 0. The lowest BCUT2D eigenvalue weighted by molar-refractivity contribution is 0.941. The number of allylic oxidation sites excluding steroid dienone is 4. The molecule has 0 aromatic carbocycles. The van der Waals surface area contributed by atoms with Gasteiger partial charge in [0.1, 0.15) is 0 Å². The Morgan fingerprint density at radius 3 is 2.00 bits per heavy atom. The van der Waals surface area contributed by atoms with Crippen LogP contribution in [0.1, 0.15) is 27.2 Å². The van der Waals surface area contributed by atoms with Crippen molar-refractivity contribution < 1.29 is 0 Å². The van der Waals surface area contributed by atoms with Crippen LogP contribution in [0.25, 0.3) is 0 Å². The van der Waals surface area contributed by atoms with Gasteiger partial charge in [-0.1, -0.05) is 38.7 Å². The van der Waals surface area contributed by atoms with Gasteiger partial charge in [-0.25, -0.2) is 0 Å². The van der Waals surface area contributed by atoms with Crippen molar-refractivity contribution in [3.05, 3.63) is 24.3 Å². The maximum atomic E-state index is 2.25. The minimum atomic E-state index is 0. The molecular formula is C9H16. The summed E-state index contributed by atoms with van der Waals surface area (Å²) in [6.45, 7) is 2.21. The van der Waals surface area contributed by atoms with Crippen LogP contribution in [-0.2, 0) is 0 Å². The molecule has 0 aromatic heterocycles. The normalized spacial score (nSPS) is 18.8. The Morgan fingerprint density at radius 1 is 1.11 bits per heavy atom. The van der Waals surface area contributed by atoms with Gasteiger partial charge in [0.25, 0.3) is 0 Å². The van der Waals surface area contributed by atoms with Crippen LogP contribution in [0.3, 0.4) is 0 Å². The first-order valence-corrected chi connectivity index (χ1v) is 3.23. The van der Waals surface area contributed by atoms with Gasteiger partial charge in [0, 0.05) is 0 Å². The molecule has 0 amide bonds. The fourth-order valence-electron chi connectivity index (χ4n) is 0.878. The molecule has 0 aromatic rings. The Kier molecular flexibility index (Phi) is 4.12. The van der Waals surface area contributed by atoms with Crippen LogP contribution >= 0.6 is 0 Å². The van der Waals surface area contributed by atoms with Gasteiger partial charge in [0.15, 0.2) is 0 Å². The highest BCUT2D eigenvalue weighted by molar-refractivity contribution is 5.02. The summed E-state index contributed by atoms with van der Waals surface area (Å²) in [7, 11) is 0. The Labute approximate surface area is 58.3 Å². The molecule has 0 spiro atoms. The SMILES string of the molecule is C.CC1C=CCCC=C1. The lowest BCUT2D eigenvalue weighted by atomic mass is 10.2. The summed E-state index contributed by atoms with van der Waals surface area (Å²) in [5.74, 6) is 0.664. The third kappa shape index (κ3) is 3.12. The molecule has 0 radical (unpaired) electrons. The molecule has 0 fully saturated rings. The van der Waals surface area contributed by atoms with Gasteiger partial charge < -0.3 is 0 Å². The van der Waals surface area contributed by atoms with E-state index in [1.807, 2.05) is 0 Å². The Morgan fingerprint density at radius 2 is 1.56 bits per heavy atom. The number of rotatable bonds is 0. The van der Waals surface area contributed by atoms with Gasteiger partial charge in [-0.3, -0.25) is 0 Å². The van der Waals surface area contributed by atoms with Crippen molar-refractivity contribution in [2.75, 3.05) is 0 Å². The summed E-state index contributed by atoms with van der Waals surface area (Å²) < 4.78 is 0. The van der Waals surface area contributed by atoms with E-state index in [0.717, 1.165) is 0 Å². The second kappa shape index (κ2) is 4.37. The highest BCUT2D eigenvalue weighted by Gasteiger charge is 1.90. The van der Waals surface area contributed by atoms with Gasteiger partial charge >= 0.3 is 0 Å². The minimum Gasteiger partial charge on any atom is -0.0876 e. The standard InChI is InChI=1S/C8H12.CH4/c1-8-6-4-2-3-5-7-8;/h4-8H,2-3H2,1H3;1H4. The van der Waals surface area contributed by atoms with Crippen molar-refractivity contribution in [3.8, 4) is 0 Å². The lowest BCUT2D eigenvalue weighted by Gasteiger charge is -1.90. The largest absolute Gasteiger partial charge is 0.0876 e. The molecule has 0 nitrogen and oxygen atoms in total. The van der Waals surface area contributed by atoms with E-state index >= 15 is 0 Å². The molecule has 0 saturated carbocycles. The van der Waals surface area contributed by atoms with E-state index in [0.29, 0.717) is 5.92 Å². The first kappa shape index (κ1) is 8.48. The molecular weight excluding hydrogens is 108 g/mol. The van der Waals surface area contributed by atoms with E-state index in [1.54, 1.807) is 0 Å². The van der Waals surface area contributed by atoms with E-state index in [1.165, 1.54) is 12.8 Å². The highest BCUT2D eigenvalue weighted by atomic mass is 14.0. The van der Waals surface area contributed by atoms with Crippen molar-refractivity contribution in [3.63, 3.8) is 0 Å². The van der Waals surface area contributed by atoms with Crippen molar-refractivity contribution in [2.24, 2.45) is 5.92 Å². The fourth-order valence-corrected chi connectivity index (χ4v) is 0.878. The van der Waals surface area contributed by atoms with E-state index in [2.05, 4.69) is 31.2 Å². The minimum absolute atomic E-state index is 0. The van der Waals surface area contributed by atoms with Gasteiger partial charge in [0.05, 0.1) is 0 Å². The first-order valence-electron chi connectivity index (χ1n) is 3.23. The second-order valence-electron chi connectivity index (χ2n) is 2.29. The second-order valence-corrected chi connectivity index (χ2v) is 2.29. The molecule has 0 aliphatic heterocycles. The number of hydrogen-bond donors (Lipinski definition) is 0. The summed E-state index contributed by atoms with van der Waals surface area (Å²) in [4.78, 5) is 0. The summed E-state index contributed by atoms with van der Waals surface area (Å²) in [5, 5.41) is 0. The van der Waals surface area contributed by atoms with E-state index in [9.17, 15) is 0 Å². The molecule has 0 N–H and O–H groups in total. The number of hydrogen-bond acceptors (Lipinski definition) is 0. The molecule has 0 unspecified atom stereocenters. The summed E-state index contributed by atoms with van der Waals surface area (Å²) in [6, 6.07) is 0. The molecule has 9 heavy (non-hydrogen) atoms. The van der Waals surface area contributed by atoms with Gasteiger partial charge in [-0.2, -0.15) is 0 Å². The van der Waals surface area contributed by atoms with Gasteiger partial charge in [-0.05, 0) is 18.8 Å². The van der Waals surface area contributed by atoms with E-state index in [-0.39, 0.29) is 7.43 Å². The molecule has 1 rings (SSSR count). The van der Waals surface area contributed by atoms with Gasteiger partial charge in [-0.15, -0.1) is 0 Å². The van der Waals surface area contributed by atoms with Crippen molar-refractivity contribution in [1.29, 1.82) is 0 Å². The smallest absolute Gasteiger partial charge is 0.00819 e. The Hall–Kier alpha value is -0.520. The molecule has 52 valence electrons. The lowest BCUT2D eigenvalue weighted by Crippen LogP contribution is -1.77. The molecule has 1 aliphatic carbocycles. The molecule has 0 bridgehead atoms. The van der Waals surface area contributed by atoms with Gasteiger partial charge in [0.2, 0.25) is 0 Å². The monoisotopic (exact) mass is 124 g/mol. The van der Waals surface area contributed by atoms with E-state index < -0.39 is 0 Å². The van der Waals surface area contributed by atoms with Crippen LogP contribution in [0.5, 0.6) is 0 Å². The van der Waals surface area contributed by atoms with Crippen LogP contribution < -0.4 is 0 Å². The molecule has 1 aliphatic rings. The maximum absolute atomic E-state index is 2.25. The van der Waals surface area contributed by atoms with Crippen LogP contribution in [0.2, 0.25) is 0 Å². The molecule has 0 atom stereocenters. The Bertz CT molecular complexity index is 95.2. The predicted octanol–water partition coefficient (Wildman–Crippen LogP) is 3.16. The van der Waals surface area contributed by atoms with Crippen LogP contribution in [-0.4, -0.2) is 0 Å². The topological polar surface area (TPSA) is 0 Å². The highest BCUT2D eigenvalue weighted by Crippen LogP contribution is 2.07. The summed E-state index contributed by atoms with van der Waals surface area (Å²) in [6.07, 6.45) is 11.5. The average Bonchev–Trinajstić information content (AvgIpc) is 1.94. The maximum Gasteiger partial charge on any atom is -0.00819 e. The first-order chi connectivity index (χ1) is 3.89. The van der Waals surface area contributed by atoms with Crippen LogP contribution in [0.15, 0.2) is 24.3 Å². The Balaban J connectivity index is 0.000000640. The molecule has 0 saturated heterocycles. The van der Waals surface area contributed by atoms with Crippen molar-refractivity contribution in [1.82, 2.24) is 0 Å². The van der Waals surface area contributed by atoms with Crippen LogP contribution in [0.4, 0.5) is 0 Å². The fraction of sp³-hybridized carbons (Fsp3) is 0.556. The average molecular weight is 124 g/mol. The third-order valence-electron chi connectivity index (χ3n) is 1.38. The molecule has 0 heterocycles. The zero-order chi connectivity index (χ0) is 5.82. The predicted molar refractivity (Wildman–Crippen MR) is 43.4 cm³/mol. The summed E-state index contributed by atoms with van der Waals surface area (Å²) >= 11 is 0. The zero-order valence-corrected chi connectivity index (χ0v) is 5.30. The quantitative estimate of drug-likeness (QED) is 0.435. The van der Waals surface area contributed by atoms with Crippen molar-refractivity contribution >= 4 is 0 Å². The van der Waals surface area contributed by atoms with E-state index in [4.69, 9.17) is 0 Å². The molecule has 0 heteroatoms. The van der Waals surface area contributed by atoms with Crippen molar-refractivity contribution in [2.45, 2.75) is 27.2 Å². The third-order valence-corrected chi connectivity index (χ3v) is 1.38. The zero-order valence-electron chi connectivity index (χ0n) is 5.30.